The number of aromatic nitrogens is 5. The molecule has 1 N–H and O–H groups in total. The minimum absolute atomic E-state index is 0.120. The van der Waals surface area contributed by atoms with Crippen LogP contribution in [0.2, 0.25) is 0 Å². The Hall–Kier alpha value is -3.03. The highest BCUT2D eigenvalue weighted by Gasteiger charge is 2.18. The number of carboxylic acid groups (broad SMARTS) is 1. The van der Waals surface area contributed by atoms with Crippen molar-refractivity contribution in [2.45, 2.75) is 27.3 Å². The van der Waals surface area contributed by atoms with Crippen LogP contribution in [-0.2, 0) is 6.54 Å². The Labute approximate surface area is 138 Å². The summed E-state index contributed by atoms with van der Waals surface area (Å²) in [5.41, 5.74) is 3.28. The van der Waals surface area contributed by atoms with Crippen LogP contribution in [0.25, 0.3) is 11.2 Å². The van der Waals surface area contributed by atoms with E-state index in [9.17, 15) is 9.90 Å². The molecular weight excluding hydrogens is 310 g/mol. The zero-order valence-electron chi connectivity index (χ0n) is 13.6. The summed E-state index contributed by atoms with van der Waals surface area (Å²) in [4.78, 5) is 28.5. The summed E-state index contributed by atoms with van der Waals surface area (Å²) in [6.45, 7) is 6.44. The molecule has 0 saturated heterocycles. The van der Waals surface area contributed by atoms with E-state index < -0.39 is 5.97 Å². The molecule has 0 aromatic carbocycles. The number of ether oxygens (including phenoxy) is 1. The van der Waals surface area contributed by atoms with Gasteiger partial charge in [-0.25, -0.2) is 19.7 Å². The third-order valence-electron chi connectivity index (χ3n) is 3.66. The van der Waals surface area contributed by atoms with Gasteiger partial charge in [0.2, 0.25) is 5.88 Å². The van der Waals surface area contributed by atoms with E-state index in [4.69, 9.17) is 4.74 Å². The van der Waals surface area contributed by atoms with E-state index in [1.807, 2.05) is 20.8 Å². The van der Waals surface area contributed by atoms with Gasteiger partial charge in [-0.3, -0.25) is 4.98 Å². The first-order valence-corrected chi connectivity index (χ1v) is 7.50. The number of hydrogen-bond donors (Lipinski definition) is 1. The van der Waals surface area contributed by atoms with Gasteiger partial charge in [-0.1, -0.05) is 0 Å². The molecule has 8 nitrogen and oxygen atoms in total. The second-order valence-corrected chi connectivity index (χ2v) is 5.34. The van der Waals surface area contributed by atoms with Gasteiger partial charge in [0.05, 0.1) is 24.5 Å². The van der Waals surface area contributed by atoms with Crippen LogP contribution in [0, 0.1) is 13.8 Å². The van der Waals surface area contributed by atoms with Crippen LogP contribution < -0.4 is 4.74 Å². The molecule has 0 saturated carbocycles. The maximum absolute atomic E-state index is 11.4. The molecule has 0 aliphatic heterocycles. The molecule has 8 heteroatoms. The van der Waals surface area contributed by atoms with Gasteiger partial charge < -0.3 is 14.4 Å². The Bertz CT molecular complexity index is 919. The van der Waals surface area contributed by atoms with Crippen molar-refractivity contribution in [2.24, 2.45) is 0 Å². The van der Waals surface area contributed by atoms with Crippen molar-refractivity contribution >= 4 is 17.1 Å². The smallest absolute Gasteiger partial charge is 0.339 e. The van der Waals surface area contributed by atoms with Gasteiger partial charge in [0.25, 0.3) is 0 Å². The molecule has 24 heavy (non-hydrogen) atoms. The summed E-state index contributed by atoms with van der Waals surface area (Å²) in [7, 11) is 0. The highest BCUT2D eigenvalue weighted by molar-refractivity contribution is 6.00. The van der Waals surface area contributed by atoms with E-state index in [-0.39, 0.29) is 5.56 Å². The van der Waals surface area contributed by atoms with Crippen LogP contribution >= 0.6 is 0 Å². The molecule has 0 spiro atoms. The summed E-state index contributed by atoms with van der Waals surface area (Å²) in [6.07, 6.45) is 4.53. The van der Waals surface area contributed by atoms with E-state index in [2.05, 4.69) is 19.9 Å². The highest BCUT2D eigenvalue weighted by atomic mass is 16.5. The van der Waals surface area contributed by atoms with Gasteiger partial charge in [0.15, 0.2) is 5.65 Å². The topological polar surface area (TPSA) is 103 Å². The Morgan fingerprint density at radius 3 is 2.79 bits per heavy atom. The van der Waals surface area contributed by atoms with Crippen molar-refractivity contribution in [3.8, 4) is 5.88 Å². The van der Waals surface area contributed by atoms with Crippen molar-refractivity contribution in [1.82, 2.24) is 24.5 Å². The minimum Gasteiger partial charge on any atom is -0.478 e. The van der Waals surface area contributed by atoms with Gasteiger partial charge in [0, 0.05) is 18.0 Å². The summed E-state index contributed by atoms with van der Waals surface area (Å²) in [5.74, 6) is -0.508. The van der Waals surface area contributed by atoms with E-state index in [0.717, 1.165) is 11.3 Å². The lowest BCUT2D eigenvalue weighted by Gasteiger charge is -2.10. The maximum atomic E-state index is 11.4. The number of carboxylic acids is 1. The first kappa shape index (κ1) is 15.9. The van der Waals surface area contributed by atoms with Crippen molar-refractivity contribution in [3.63, 3.8) is 0 Å². The second-order valence-electron chi connectivity index (χ2n) is 5.34. The molecule has 0 amide bonds. The van der Waals surface area contributed by atoms with Crippen LogP contribution in [0.3, 0.4) is 0 Å². The van der Waals surface area contributed by atoms with E-state index >= 15 is 0 Å². The van der Waals surface area contributed by atoms with Gasteiger partial charge >= 0.3 is 5.97 Å². The number of nitrogens with zero attached hydrogens (tertiary/aromatic N) is 5. The molecule has 3 aromatic heterocycles. The zero-order valence-corrected chi connectivity index (χ0v) is 13.6. The number of rotatable bonds is 5. The molecule has 3 heterocycles. The van der Waals surface area contributed by atoms with Crippen molar-refractivity contribution < 1.29 is 14.6 Å². The van der Waals surface area contributed by atoms with Gasteiger partial charge in [-0.15, -0.1) is 0 Å². The molecule has 124 valence electrons. The minimum atomic E-state index is -1.04. The molecular formula is C16H17N5O3. The van der Waals surface area contributed by atoms with Crippen LogP contribution in [0.15, 0.2) is 18.7 Å². The van der Waals surface area contributed by atoms with Crippen LogP contribution in [-0.4, -0.2) is 42.2 Å². The average molecular weight is 327 g/mol. The van der Waals surface area contributed by atoms with Gasteiger partial charge in [-0.05, 0) is 20.8 Å². The van der Waals surface area contributed by atoms with Gasteiger partial charge in [-0.2, -0.15) is 0 Å². The first-order chi connectivity index (χ1) is 11.5. The zero-order chi connectivity index (χ0) is 17.3. The summed E-state index contributed by atoms with van der Waals surface area (Å²) >= 11 is 0. The third-order valence-corrected chi connectivity index (χ3v) is 3.66. The Morgan fingerprint density at radius 2 is 2.08 bits per heavy atom. The fraction of sp³-hybridized carbons (Fsp3) is 0.312. The molecule has 0 atom stereocenters. The standard InChI is InChI=1S/C16H17N5O3/c1-4-24-15-10(3)12(18-8-19-15)7-21-6-11(16(22)23)13-14(21)20-9(2)5-17-13/h5-6,8H,4,7H2,1-3H3,(H,22,23). The van der Waals surface area contributed by atoms with Crippen molar-refractivity contribution in [2.75, 3.05) is 6.61 Å². The molecule has 0 radical (unpaired) electrons. The predicted molar refractivity (Wildman–Crippen MR) is 86.3 cm³/mol. The molecule has 0 aliphatic carbocycles. The number of aromatic carboxylic acids is 1. The number of carbonyl (C=O) groups is 1. The van der Waals surface area contributed by atoms with E-state index in [1.165, 1.54) is 12.5 Å². The first-order valence-electron chi connectivity index (χ1n) is 7.50. The lowest BCUT2D eigenvalue weighted by atomic mass is 10.2. The number of aryl methyl sites for hydroxylation is 1. The van der Waals surface area contributed by atoms with E-state index in [0.29, 0.717) is 35.9 Å². The monoisotopic (exact) mass is 327 g/mol. The molecule has 0 fully saturated rings. The van der Waals surface area contributed by atoms with Crippen molar-refractivity contribution in [1.29, 1.82) is 0 Å². The number of fused-ring (bicyclic) bond motifs is 1. The SMILES string of the molecule is CCOc1ncnc(Cn2cc(C(=O)O)c3ncc(C)nc32)c1C. The molecule has 0 bridgehead atoms. The predicted octanol–water partition coefficient (Wildman–Crippen LogP) is 1.98. The third kappa shape index (κ3) is 2.78. The Morgan fingerprint density at radius 1 is 1.29 bits per heavy atom. The summed E-state index contributed by atoms with van der Waals surface area (Å²) < 4.78 is 7.22. The second kappa shape index (κ2) is 6.23. The van der Waals surface area contributed by atoms with Crippen LogP contribution in [0.5, 0.6) is 5.88 Å². The van der Waals surface area contributed by atoms with Gasteiger partial charge in [0.1, 0.15) is 17.4 Å². The Balaban J connectivity index is 2.09. The number of hydrogen-bond acceptors (Lipinski definition) is 6. The maximum Gasteiger partial charge on any atom is 0.339 e. The summed E-state index contributed by atoms with van der Waals surface area (Å²) in [6, 6.07) is 0. The Kier molecular flexibility index (Phi) is 4.11. The lowest BCUT2D eigenvalue weighted by molar-refractivity contribution is 0.0698. The lowest BCUT2D eigenvalue weighted by Crippen LogP contribution is -2.07. The van der Waals surface area contributed by atoms with Crippen molar-refractivity contribution in [3.05, 3.63) is 41.2 Å². The van der Waals surface area contributed by atoms with Crippen LogP contribution in [0.4, 0.5) is 0 Å². The van der Waals surface area contributed by atoms with Crippen LogP contribution in [0.1, 0.15) is 34.2 Å². The van der Waals surface area contributed by atoms with E-state index in [1.54, 1.807) is 10.8 Å². The molecule has 0 unspecified atom stereocenters. The largest absolute Gasteiger partial charge is 0.478 e. The molecule has 3 rings (SSSR count). The normalized spacial score (nSPS) is 11.0. The quantitative estimate of drug-likeness (QED) is 0.764. The summed E-state index contributed by atoms with van der Waals surface area (Å²) in [5, 5.41) is 9.37. The highest BCUT2D eigenvalue weighted by Crippen LogP contribution is 2.22. The fourth-order valence-corrected chi connectivity index (χ4v) is 2.48. The average Bonchev–Trinajstić information content (AvgIpc) is 2.89. The fourth-order valence-electron chi connectivity index (χ4n) is 2.48. The molecule has 3 aromatic rings. The molecule has 0 aliphatic rings.